The van der Waals surface area contributed by atoms with E-state index in [2.05, 4.69) is 21.2 Å². The third kappa shape index (κ3) is 6.96. The Morgan fingerprint density at radius 2 is 2.16 bits per heavy atom. The van der Waals surface area contributed by atoms with E-state index >= 15 is 0 Å². The van der Waals surface area contributed by atoms with E-state index in [1.54, 1.807) is 7.11 Å². The number of benzene rings is 1. The SMILES string of the molecule is COCC(CCO)NC(=O)CSc1ccc(Br)cc1. The first kappa shape index (κ1) is 16.5. The highest BCUT2D eigenvalue weighted by atomic mass is 79.9. The standard InChI is InChI=1S/C13H18BrNO3S/c1-18-8-11(6-7-16)15-13(17)9-19-12-4-2-10(14)3-5-12/h2-5,11,16H,6-9H2,1H3,(H,15,17). The molecule has 0 saturated carbocycles. The zero-order chi connectivity index (χ0) is 14.1. The molecule has 0 aliphatic heterocycles. The fourth-order valence-corrected chi connectivity index (χ4v) is 2.48. The van der Waals surface area contributed by atoms with Crippen molar-refractivity contribution < 1.29 is 14.6 Å². The first-order valence-electron chi connectivity index (χ1n) is 5.93. The maximum absolute atomic E-state index is 11.8. The van der Waals surface area contributed by atoms with Gasteiger partial charge in [-0.15, -0.1) is 11.8 Å². The molecule has 0 saturated heterocycles. The second-order valence-electron chi connectivity index (χ2n) is 3.97. The molecule has 0 aliphatic rings. The van der Waals surface area contributed by atoms with Crippen molar-refractivity contribution in [3.63, 3.8) is 0 Å². The minimum Gasteiger partial charge on any atom is -0.396 e. The Morgan fingerprint density at radius 3 is 2.74 bits per heavy atom. The summed E-state index contributed by atoms with van der Waals surface area (Å²) in [4.78, 5) is 12.8. The minimum atomic E-state index is -0.131. The van der Waals surface area contributed by atoms with Crippen LogP contribution in [0.2, 0.25) is 0 Å². The summed E-state index contributed by atoms with van der Waals surface area (Å²) in [5, 5.41) is 11.7. The van der Waals surface area contributed by atoms with E-state index in [0.717, 1.165) is 9.37 Å². The lowest BCUT2D eigenvalue weighted by atomic mass is 10.2. The van der Waals surface area contributed by atoms with Crippen molar-refractivity contribution in [2.45, 2.75) is 17.4 Å². The molecule has 1 aromatic carbocycles. The molecular formula is C13H18BrNO3S. The van der Waals surface area contributed by atoms with Gasteiger partial charge in [-0.1, -0.05) is 15.9 Å². The molecule has 1 aromatic rings. The zero-order valence-corrected chi connectivity index (χ0v) is 13.2. The predicted molar refractivity (Wildman–Crippen MR) is 80.4 cm³/mol. The van der Waals surface area contributed by atoms with Gasteiger partial charge >= 0.3 is 0 Å². The monoisotopic (exact) mass is 347 g/mol. The highest BCUT2D eigenvalue weighted by Crippen LogP contribution is 2.20. The van der Waals surface area contributed by atoms with Crippen LogP contribution in [0.5, 0.6) is 0 Å². The van der Waals surface area contributed by atoms with Crippen molar-refractivity contribution >= 4 is 33.6 Å². The van der Waals surface area contributed by atoms with Crippen LogP contribution in [0.25, 0.3) is 0 Å². The molecule has 1 rings (SSSR count). The molecule has 0 bridgehead atoms. The highest BCUT2D eigenvalue weighted by molar-refractivity contribution is 9.10. The van der Waals surface area contributed by atoms with Crippen LogP contribution in [0.15, 0.2) is 33.6 Å². The Balaban J connectivity index is 2.35. The smallest absolute Gasteiger partial charge is 0.230 e. The van der Waals surface area contributed by atoms with Crippen molar-refractivity contribution in [1.29, 1.82) is 0 Å². The van der Waals surface area contributed by atoms with Gasteiger partial charge < -0.3 is 15.2 Å². The molecule has 4 nitrogen and oxygen atoms in total. The van der Waals surface area contributed by atoms with Crippen LogP contribution in [0, 0.1) is 0 Å². The van der Waals surface area contributed by atoms with Gasteiger partial charge in [0.2, 0.25) is 5.91 Å². The number of amides is 1. The van der Waals surface area contributed by atoms with Crippen LogP contribution in [0.4, 0.5) is 0 Å². The van der Waals surface area contributed by atoms with Crippen molar-refractivity contribution in [2.24, 2.45) is 0 Å². The van der Waals surface area contributed by atoms with Gasteiger partial charge in [-0.3, -0.25) is 4.79 Å². The third-order valence-corrected chi connectivity index (χ3v) is 3.93. The molecule has 106 valence electrons. The summed E-state index contributed by atoms with van der Waals surface area (Å²) < 4.78 is 6.01. The van der Waals surface area contributed by atoms with Gasteiger partial charge in [0.15, 0.2) is 0 Å². The number of methoxy groups -OCH3 is 1. The molecule has 1 unspecified atom stereocenters. The topological polar surface area (TPSA) is 58.6 Å². The molecule has 0 aromatic heterocycles. The van der Waals surface area contributed by atoms with E-state index in [0.29, 0.717) is 18.8 Å². The van der Waals surface area contributed by atoms with Crippen LogP contribution in [0.3, 0.4) is 0 Å². The van der Waals surface area contributed by atoms with Gasteiger partial charge in [-0.25, -0.2) is 0 Å². The van der Waals surface area contributed by atoms with E-state index in [-0.39, 0.29) is 18.6 Å². The number of nitrogens with one attached hydrogen (secondary N) is 1. The van der Waals surface area contributed by atoms with Crippen LogP contribution >= 0.6 is 27.7 Å². The second-order valence-corrected chi connectivity index (χ2v) is 5.94. The average Bonchev–Trinajstić information content (AvgIpc) is 2.39. The largest absolute Gasteiger partial charge is 0.396 e. The summed E-state index contributed by atoms with van der Waals surface area (Å²) in [7, 11) is 1.58. The van der Waals surface area contributed by atoms with Gasteiger partial charge in [-0.05, 0) is 30.7 Å². The average molecular weight is 348 g/mol. The summed E-state index contributed by atoms with van der Waals surface area (Å²) >= 11 is 4.85. The number of halogens is 1. The third-order valence-electron chi connectivity index (χ3n) is 2.39. The Hall–Kier alpha value is -0.560. The summed E-state index contributed by atoms with van der Waals surface area (Å²) in [6, 6.07) is 7.68. The predicted octanol–water partition coefficient (Wildman–Crippen LogP) is 2.05. The van der Waals surface area contributed by atoms with E-state index in [4.69, 9.17) is 9.84 Å². The maximum Gasteiger partial charge on any atom is 0.230 e. The van der Waals surface area contributed by atoms with Crippen LogP contribution in [0.1, 0.15) is 6.42 Å². The number of hydrogen-bond donors (Lipinski definition) is 2. The molecule has 0 aliphatic carbocycles. The zero-order valence-electron chi connectivity index (χ0n) is 10.8. The number of ether oxygens (including phenoxy) is 1. The number of carbonyl (C=O) groups excluding carboxylic acids is 1. The number of aliphatic hydroxyl groups excluding tert-OH is 1. The lowest BCUT2D eigenvalue weighted by molar-refractivity contribution is -0.119. The molecule has 0 spiro atoms. The van der Waals surface area contributed by atoms with Crippen molar-refractivity contribution in [3.05, 3.63) is 28.7 Å². The molecule has 0 radical (unpaired) electrons. The summed E-state index contributed by atoms with van der Waals surface area (Å²) in [6.45, 7) is 0.448. The maximum atomic E-state index is 11.8. The highest BCUT2D eigenvalue weighted by Gasteiger charge is 2.11. The molecule has 19 heavy (non-hydrogen) atoms. The molecule has 0 fully saturated rings. The number of hydrogen-bond acceptors (Lipinski definition) is 4. The normalized spacial score (nSPS) is 12.2. The van der Waals surface area contributed by atoms with Crippen LogP contribution < -0.4 is 5.32 Å². The Kier molecular flexibility index (Phi) is 8.13. The molecule has 1 amide bonds. The van der Waals surface area contributed by atoms with Gasteiger partial charge in [0.1, 0.15) is 0 Å². The van der Waals surface area contributed by atoms with E-state index in [1.165, 1.54) is 11.8 Å². The fraction of sp³-hybridized carbons (Fsp3) is 0.462. The lowest BCUT2D eigenvalue weighted by Crippen LogP contribution is -2.39. The fourth-order valence-electron chi connectivity index (χ4n) is 1.50. The van der Waals surface area contributed by atoms with Crippen LogP contribution in [-0.4, -0.2) is 43.1 Å². The van der Waals surface area contributed by atoms with E-state index < -0.39 is 0 Å². The minimum absolute atomic E-state index is 0.0359. The number of thioether (sulfide) groups is 1. The molecular weight excluding hydrogens is 330 g/mol. The Bertz CT molecular complexity index is 380. The summed E-state index contributed by atoms with van der Waals surface area (Å²) in [6.07, 6.45) is 0.503. The number of aliphatic hydroxyl groups is 1. The molecule has 0 heterocycles. The quantitative estimate of drug-likeness (QED) is 0.706. The molecule has 1 atom stereocenters. The Morgan fingerprint density at radius 1 is 1.47 bits per heavy atom. The van der Waals surface area contributed by atoms with Crippen molar-refractivity contribution in [3.8, 4) is 0 Å². The second kappa shape index (κ2) is 9.36. The first-order chi connectivity index (χ1) is 9.15. The Labute approximate surface area is 126 Å². The van der Waals surface area contributed by atoms with Gasteiger partial charge in [0.25, 0.3) is 0 Å². The van der Waals surface area contributed by atoms with Crippen LogP contribution in [-0.2, 0) is 9.53 Å². The first-order valence-corrected chi connectivity index (χ1v) is 7.71. The molecule has 6 heteroatoms. The van der Waals surface area contributed by atoms with Crippen molar-refractivity contribution in [2.75, 3.05) is 26.1 Å². The van der Waals surface area contributed by atoms with Crippen molar-refractivity contribution in [1.82, 2.24) is 5.32 Å². The van der Waals surface area contributed by atoms with E-state index in [9.17, 15) is 4.79 Å². The summed E-state index contributed by atoms with van der Waals surface area (Å²) in [5.74, 6) is 0.302. The summed E-state index contributed by atoms with van der Waals surface area (Å²) in [5.41, 5.74) is 0. The van der Waals surface area contributed by atoms with Gasteiger partial charge in [0.05, 0.1) is 18.4 Å². The number of rotatable bonds is 8. The molecule has 2 N–H and O–H groups in total. The van der Waals surface area contributed by atoms with Gasteiger partial charge in [0, 0.05) is 23.1 Å². The van der Waals surface area contributed by atoms with E-state index in [1.807, 2.05) is 24.3 Å². The number of carbonyl (C=O) groups is 1. The van der Waals surface area contributed by atoms with Gasteiger partial charge in [-0.2, -0.15) is 0 Å². The lowest BCUT2D eigenvalue weighted by Gasteiger charge is -2.16.